The van der Waals surface area contributed by atoms with Gasteiger partial charge in [-0.1, -0.05) is 18.2 Å². The van der Waals surface area contributed by atoms with Crippen molar-refractivity contribution in [1.82, 2.24) is 0 Å². The van der Waals surface area contributed by atoms with Gasteiger partial charge in [0.15, 0.2) is 0 Å². The van der Waals surface area contributed by atoms with Crippen LogP contribution in [0.25, 0.3) is 6.08 Å². The van der Waals surface area contributed by atoms with Crippen molar-refractivity contribution in [2.75, 3.05) is 6.61 Å². The molecule has 0 saturated carbocycles. The van der Waals surface area contributed by atoms with Crippen molar-refractivity contribution < 1.29 is 4.74 Å². The zero-order valence-electron chi connectivity index (χ0n) is 7.34. The van der Waals surface area contributed by atoms with Gasteiger partial charge in [0, 0.05) is 5.56 Å². The molecule has 1 aromatic rings. The molecule has 64 valence electrons. The first-order valence-corrected chi connectivity index (χ1v) is 4.64. The third kappa shape index (κ3) is 0.998. The summed E-state index contributed by atoms with van der Waals surface area (Å²) in [4.78, 5) is 0. The van der Waals surface area contributed by atoms with Crippen LogP contribution in [-0.4, -0.2) is 6.61 Å². The largest absolute Gasteiger partial charge is 0.492 e. The van der Waals surface area contributed by atoms with Gasteiger partial charge in [-0.15, -0.1) is 0 Å². The van der Waals surface area contributed by atoms with Crippen LogP contribution in [0.1, 0.15) is 23.1 Å². The average Bonchev–Trinajstić information content (AvgIpc) is 2.65. The lowest BCUT2D eigenvalue weighted by molar-refractivity contribution is 0.377. The molecule has 0 aromatic heterocycles. The molecule has 0 atom stereocenters. The minimum Gasteiger partial charge on any atom is -0.492 e. The molecule has 0 amide bonds. The first-order valence-electron chi connectivity index (χ1n) is 4.64. The van der Waals surface area contributed by atoms with Crippen LogP contribution in [0.5, 0.6) is 5.75 Å². The van der Waals surface area contributed by atoms with Gasteiger partial charge in [0.05, 0.1) is 6.42 Å². The lowest BCUT2D eigenvalue weighted by Gasteiger charge is -2.13. The molecular formula is C12H10O. The number of rotatable bonds is 0. The molecule has 1 heterocycles. The number of hydrogen-bond acceptors (Lipinski definition) is 1. The van der Waals surface area contributed by atoms with E-state index >= 15 is 0 Å². The van der Waals surface area contributed by atoms with Crippen molar-refractivity contribution in [2.45, 2.75) is 12.8 Å². The minimum atomic E-state index is 0.621. The van der Waals surface area contributed by atoms with Gasteiger partial charge in [0.2, 0.25) is 0 Å². The number of benzene rings is 1. The Kier molecular flexibility index (Phi) is 1.45. The highest BCUT2D eigenvalue weighted by atomic mass is 16.5. The summed E-state index contributed by atoms with van der Waals surface area (Å²) >= 11 is 0. The summed E-state index contributed by atoms with van der Waals surface area (Å²) in [5.74, 6) is 1.01. The molecule has 0 spiro atoms. The predicted molar refractivity (Wildman–Crippen MR) is 51.6 cm³/mol. The van der Waals surface area contributed by atoms with E-state index < -0.39 is 0 Å². The zero-order valence-corrected chi connectivity index (χ0v) is 7.34. The van der Waals surface area contributed by atoms with Crippen LogP contribution in [0, 0.1) is 6.42 Å². The summed E-state index contributed by atoms with van der Waals surface area (Å²) in [5.41, 5.74) is 3.96. The Labute approximate surface area is 78.0 Å². The van der Waals surface area contributed by atoms with E-state index in [2.05, 4.69) is 24.6 Å². The second-order valence-electron chi connectivity index (χ2n) is 3.41. The molecular weight excluding hydrogens is 160 g/mol. The van der Waals surface area contributed by atoms with Crippen LogP contribution >= 0.6 is 0 Å². The first-order chi connectivity index (χ1) is 6.45. The molecule has 13 heavy (non-hydrogen) atoms. The van der Waals surface area contributed by atoms with Crippen molar-refractivity contribution in [3.8, 4) is 5.75 Å². The summed E-state index contributed by atoms with van der Waals surface area (Å²) in [5, 5.41) is 0. The maximum atomic E-state index is 5.43. The van der Waals surface area contributed by atoms with E-state index in [-0.39, 0.29) is 0 Å². The fraction of sp³-hybridized carbons (Fsp3) is 0.250. The van der Waals surface area contributed by atoms with Crippen molar-refractivity contribution in [3.05, 3.63) is 41.3 Å². The van der Waals surface area contributed by atoms with Crippen LogP contribution in [-0.2, 0) is 6.42 Å². The summed E-state index contributed by atoms with van der Waals surface area (Å²) in [6.07, 6.45) is 9.97. The maximum absolute atomic E-state index is 5.43. The van der Waals surface area contributed by atoms with Crippen LogP contribution in [0.3, 0.4) is 0 Å². The van der Waals surface area contributed by atoms with Crippen molar-refractivity contribution in [1.29, 1.82) is 0 Å². The van der Waals surface area contributed by atoms with Gasteiger partial charge < -0.3 is 4.74 Å². The fourth-order valence-electron chi connectivity index (χ4n) is 2.01. The average molecular weight is 170 g/mol. The molecule has 1 nitrogen and oxygen atoms in total. The Morgan fingerprint density at radius 1 is 1.31 bits per heavy atom. The van der Waals surface area contributed by atoms with E-state index in [9.17, 15) is 0 Å². The first kappa shape index (κ1) is 7.19. The van der Waals surface area contributed by atoms with E-state index in [1.807, 2.05) is 6.07 Å². The van der Waals surface area contributed by atoms with Crippen LogP contribution in [0.2, 0.25) is 0 Å². The standard InChI is InChI=1S/C12H10O/c1-2-4-10-9(3-1)5-6-12-11(10)7-8-13-12/h1,3,5-6H,2,4,8H2. The van der Waals surface area contributed by atoms with Gasteiger partial charge >= 0.3 is 0 Å². The molecule has 2 radical (unpaired) electrons. The Bertz CT molecular complexity index is 377. The topological polar surface area (TPSA) is 9.23 Å². The predicted octanol–water partition coefficient (Wildman–Crippen LogP) is 2.47. The van der Waals surface area contributed by atoms with Crippen molar-refractivity contribution in [2.24, 2.45) is 0 Å². The second kappa shape index (κ2) is 2.63. The lowest BCUT2D eigenvalue weighted by Crippen LogP contribution is -1.97. The van der Waals surface area contributed by atoms with E-state index in [1.165, 1.54) is 16.7 Å². The van der Waals surface area contributed by atoms with E-state index in [1.54, 1.807) is 0 Å². The third-order valence-corrected chi connectivity index (χ3v) is 2.65. The molecule has 1 aromatic carbocycles. The lowest BCUT2D eigenvalue weighted by atomic mass is 9.92. The number of fused-ring (bicyclic) bond motifs is 3. The highest BCUT2D eigenvalue weighted by Gasteiger charge is 2.19. The Morgan fingerprint density at radius 3 is 3.31 bits per heavy atom. The summed E-state index contributed by atoms with van der Waals surface area (Å²) in [7, 11) is 0. The molecule has 2 aliphatic rings. The number of hydrogen-bond donors (Lipinski definition) is 0. The smallest absolute Gasteiger partial charge is 0.123 e. The van der Waals surface area contributed by atoms with Crippen molar-refractivity contribution >= 4 is 6.08 Å². The molecule has 0 fully saturated rings. The molecule has 1 aliphatic heterocycles. The normalized spacial score (nSPS) is 17.8. The van der Waals surface area contributed by atoms with Crippen LogP contribution < -0.4 is 4.74 Å². The van der Waals surface area contributed by atoms with Crippen LogP contribution in [0.15, 0.2) is 18.2 Å². The second-order valence-corrected chi connectivity index (χ2v) is 3.41. The van der Waals surface area contributed by atoms with E-state index in [4.69, 9.17) is 4.74 Å². The molecule has 0 bridgehead atoms. The number of allylic oxidation sites excluding steroid dienone is 1. The van der Waals surface area contributed by atoms with Gasteiger partial charge in [-0.3, -0.25) is 0 Å². The molecule has 1 aliphatic carbocycles. The highest BCUT2D eigenvalue weighted by molar-refractivity contribution is 5.63. The Hall–Kier alpha value is -1.24. The van der Waals surface area contributed by atoms with E-state index in [0.717, 1.165) is 18.6 Å². The molecule has 0 saturated heterocycles. The van der Waals surface area contributed by atoms with Crippen LogP contribution in [0.4, 0.5) is 0 Å². The van der Waals surface area contributed by atoms with E-state index in [0.29, 0.717) is 6.61 Å². The maximum Gasteiger partial charge on any atom is 0.123 e. The number of ether oxygens (including phenoxy) is 1. The summed E-state index contributed by atoms with van der Waals surface area (Å²) < 4.78 is 5.43. The van der Waals surface area contributed by atoms with Gasteiger partial charge in [-0.05, 0) is 30.0 Å². The van der Waals surface area contributed by atoms with Gasteiger partial charge in [0.25, 0.3) is 0 Å². The quantitative estimate of drug-likeness (QED) is 0.581. The highest BCUT2D eigenvalue weighted by Crippen LogP contribution is 2.34. The Morgan fingerprint density at radius 2 is 2.31 bits per heavy atom. The molecule has 1 heteroatoms. The monoisotopic (exact) mass is 170 g/mol. The van der Waals surface area contributed by atoms with Crippen molar-refractivity contribution in [3.63, 3.8) is 0 Å². The molecule has 3 rings (SSSR count). The minimum absolute atomic E-state index is 0.621. The zero-order chi connectivity index (χ0) is 8.67. The molecule has 0 unspecified atom stereocenters. The fourth-order valence-corrected chi connectivity index (χ4v) is 2.01. The SMILES string of the molecule is [C]1COc2ccc3c(c21)CCC=C3. The summed E-state index contributed by atoms with van der Waals surface area (Å²) in [6.45, 7) is 0.621. The van der Waals surface area contributed by atoms with Gasteiger partial charge in [-0.2, -0.15) is 0 Å². The Balaban J connectivity index is 2.23. The van der Waals surface area contributed by atoms with Gasteiger partial charge in [0.1, 0.15) is 12.4 Å². The summed E-state index contributed by atoms with van der Waals surface area (Å²) in [6, 6.07) is 4.18. The third-order valence-electron chi connectivity index (χ3n) is 2.65. The molecule has 0 N–H and O–H groups in total. The van der Waals surface area contributed by atoms with Gasteiger partial charge in [-0.25, -0.2) is 0 Å².